The van der Waals surface area contributed by atoms with E-state index in [1.54, 1.807) is 0 Å². The van der Waals surface area contributed by atoms with E-state index in [1.165, 1.54) is 11.1 Å². The van der Waals surface area contributed by atoms with Gasteiger partial charge in [-0.3, -0.25) is 4.68 Å². The second-order valence-electron chi connectivity index (χ2n) is 5.88. The molecule has 1 aromatic heterocycles. The van der Waals surface area contributed by atoms with E-state index in [2.05, 4.69) is 46.9 Å². The third-order valence-corrected chi connectivity index (χ3v) is 4.48. The monoisotopic (exact) mass is 370 g/mol. The molecule has 2 N–H and O–H groups in total. The van der Waals surface area contributed by atoms with E-state index in [0.717, 1.165) is 17.8 Å². The molecule has 0 aliphatic heterocycles. The summed E-state index contributed by atoms with van der Waals surface area (Å²) in [6, 6.07) is 16.0. The van der Waals surface area contributed by atoms with Crippen molar-refractivity contribution in [2.24, 2.45) is 0 Å². The van der Waals surface area contributed by atoms with Crippen LogP contribution in [-0.2, 0) is 6.54 Å². The molecule has 2 aromatic carbocycles. The van der Waals surface area contributed by atoms with Gasteiger partial charge in [0.2, 0.25) is 0 Å². The van der Waals surface area contributed by atoms with E-state index in [4.69, 9.17) is 23.8 Å². The summed E-state index contributed by atoms with van der Waals surface area (Å²) < 4.78 is 1.88. The third-order valence-electron chi connectivity index (χ3n) is 3.86. The second-order valence-corrected chi connectivity index (χ2v) is 6.69. The number of nitrogens with zero attached hydrogens (tertiary/aromatic N) is 2. The fraction of sp³-hybridized carbons (Fsp3) is 0.158. The number of halogens is 1. The van der Waals surface area contributed by atoms with Crippen molar-refractivity contribution < 1.29 is 0 Å². The number of benzene rings is 2. The molecule has 3 rings (SSSR count). The van der Waals surface area contributed by atoms with Gasteiger partial charge in [0.15, 0.2) is 10.9 Å². The van der Waals surface area contributed by atoms with Gasteiger partial charge in [-0.05, 0) is 49.3 Å². The minimum atomic E-state index is 0.478. The van der Waals surface area contributed by atoms with E-state index in [-0.39, 0.29) is 0 Å². The standard InChI is InChI=1S/C19H19ClN4S/c1-13-6-8-15(9-7-13)12-24-11-10-18(23-24)22-19(25)21-17-5-3-4-16(20)14(17)2/h3-11H,12H2,1-2H3,(H2,21,22,23,25). The molecular formula is C19H19ClN4S. The second kappa shape index (κ2) is 7.68. The first-order valence-electron chi connectivity index (χ1n) is 7.93. The number of nitrogens with one attached hydrogen (secondary N) is 2. The molecule has 0 fully saturated rings. The Bertz CT molecular complexity index is 887. The number of hydrogen-bond donors (Lipinski definition) is 2. The SMILES string of the molecule is Cc1ccc(Cn2ccc(NC(=S)Nc3cccc(Cl)c3C)n2)cc1. The highest BCUT2D eigenvalue weighted by atomic mass is 35.5. The van der Waals surface area contributed by atoms with Crippen LogP contribution in [0, 0.1) is 13.8 Å². The molecule has 0 atom stereocenters. The fourth-order valence-corrected chi connectivity index (χ4v) is 2.80. The van der Waals surface area contributed by atoms with Gasteiger partial charge in [0.1, 0.15) is 0 Å². The van der Waals surface area contributed by atoms with E-state index in [0.29, 0.717) is 16.0 Å². The van der Waals surface area contributed by atoms with Crippen LogP contribution in [0.15, 0.2) is 54.7 Å². The molecule has 3 aromatic rings. The number of aromatic nitrogens is 2. The minimum Gasteiger partial charge on any atom is -0.332 e. The molecule has 4 nitrogen and oxygen atoms in total. The molecule has 1 heterocycles. The summed E-state index contributed by atoms with van der Waals surface area (Å²) in [4.78, 5) is 0. The van der Waals surface area contributed by atoms with Gasteiger partial charge in [0.25, 0.3) is 0 Å². The van der Waals surface area contributed by atoms with Crippen molar-refractivity contribution in [2.75, 3.05) is 10.6 Å². The molecule has 0 aliphatic rings. The lowest BCUT2D eigenvalue weighted by Crippen LogP contribution is -2.20. The quantitative estimate of drug-likeness (QED) is 0.633. The summed E-state index contributed by atoms with van der Waals surface area (Å²) in [6.07, 6.45) is 1.93. The number of thiocarbonyl (C=S) groups is 1. The molecule has 0 aliphatic carbocycles. The molecule has 6 heteroatoms. The van der Waals surface area contributed by atoms with E-state index < -0.39 is 0 Å². The Labute approximate surface area is 157 Å². The Morgan fingerprint density at radius 1 is 1.08 bits per heavy atom. The highest BCUT2D eigenvalue weighted by molar-refractivity contribution is 7.80. The zero-order chi connectivity index (χ0) is 17.8. The lowest BCUT2D eigenvalue weighted by molar-refractivity contribution is 0.690. The third kappa shape index (κ3) is 4.59. The van der Waals surface area contributed by atoms with Gasteiger partial charge in [0.05, 0.1) is 6.54 Å². The van der Waals surface area contributed by atoms with Crippen molar-refractivity contribution in [3.63, 3.8) is 0 Å². The van der Waals surface area contributed by atoms with Crippen LogP contribution in [0.5, 0.6) is 0 Å². The van der Waals surface area contributed by atoms with Gasteiger partial charge in [-0.2, -0.15) is 5.10 Å². The summed E-state index contributed by atoms with van der Waals surface area (Å²) in [6.45, 7) is 4.74. The molecular weight excluding hydrogens is 352 g/mol. The van der Waals surface area contributed by atoms with Crippen LogP contribution >= 0.6 is 23.8 Å². The lowest BCUT2D eigenvalue weighted by Gasteiger charge is -2.11. The maximum atomic E-state index is 6.13. The Kier molecular flexibility index (Phi) is 5.36. The van der Waals surface area contributed by atoms with Crippen LogP contribution in [0.1, 0.15) is 16.7 Å². The summed E-state index contributed by atoms with van der Waals surface area (Å²) in [5.41, 5.74) is 4.29. The van der Waals surface area contributed by atoms with Crippen LogP contribution in [0.25, 0.3) is 0 Å². The average molecular weight is 371 g/mol. The molecule has 0 bridgehead atoms. The number of rotatable bonds is 4. The minimum absolute atomic E-state index is 0.478. The van der Waals surface area contributed by atoms with Gasteiger partial charge in [-0.15, -0.1) is 0 Å². The molecule has 128 valence electrons. The lowest BCUT2D eigenvalue weighted by atomic mass is 10.1. The molecule has 0 saturated carbocycles. The van der Waals surface area contributed by atoms with Gasteiger partial charge < -0.3 is 10.6 Å². The molecule has 0 amide bonds. The molecule has 25 heavy (non-hydrogen) atoms. The molecule has 0 radical (unpaired) electrons. The first kappa shape index (κ1) is 17.5. The summed E-state index contributed by atoms with van der Waals surface area (Å²) in [7, 11) is 0. The summed E-state index contributed by atoms with van der Waals surface area (Å²) in [5.74, 6) is 0.698. The van der Waals surface area contributed by atoms with Crippen LogP contribution in [0.4, 0.5) is 11.5 Å². The van der Waals surface area contributed by atoms with E-state index in [1.807, 2.05) is 42.1 Å². The largest absolute Gasteiger partial charge is 0.332 e. The molecule has 0 saturated heterocycles. The van der Waals surface area contributed by atoms with Gasteiger partial charge >= 0.3 is 0 Å². The summed E-state index contributed by atoms with van der Waals surface area (Å²) in [5, 5.41) is 11.9. The molecule has 0 unspecified atom stereocenters. The van der Waals surface area contributed by atoms with Crippen molar-refractivity contribution in [1.29, 1.82) is 0 Å². The predicted molar refractivity (Wildman–Crippen MR) is 109 cm³/mol. The highest BCUT2D eigenvalue weighted by Crippen LogP contribution is 2.23. The van der Waals surface area contributed by atoms with Crippen molar-refractivity contribution in [2.45, 2.75) is 20.4 Å². The highest BCUT2D eigenvalue weighted by Gasteiger charge is 2.06. The Balaban J connectivity index is 1.61. The maximum Gasteiger partial charge on any atom is 0.176 e. The normalized spacial score (nSPS) is 10.5. The van der Waals surface area contributed by atoms with Crippen molar-refractivity contribution in [3.8, 4) is 0 Å². The molecule has 0 spiro atoms. The number of aryl methyl sites for hydroxylation is 1. The fourth-order valence-electron chi connectivity index (χ4n) is 2.41. The van der Waals surface area contributed by atoms with Crippen molar-refractivity contribution in [1.82, 2.24) is 9.78 Å². The Hall–Kier alpha value is -2.37. The van der Waals surface area contributed by atoms with Crippen LogP contribution in [-0.4, -0.2) is 14.9 Å². The van der Waals surface area contributed by atoms with Crippen molar-refractivity contribution >= 4 is 40.4 Å². The van der Waals surface area contributed by atoms with Crippen LogP contribution < -0.4 is 10.6 Å². The number of anilines is 2. The van der Waals surface area contributed by atoms with Crippen LogP contribution in [0.2, 0.25) is 5.02 Å². The van der Waals surface area contributed by atoms with Gasteiger partial charge in [0, 0.05) is 23.0 Å². The number of hydrogen-bond acceptors (Lipinski definition) is 2. The average Bonchev–Trinajstić information content (AvgIpc) is 3.01. The zero-order valence-electron chi connectivity index (χ0n) is 14.1. The zero-order valence-corrected chi connectivity index (χ0v) is 15.7. The Morgan fingerprint density at radius 2 is 1.84 bits per heavy atom. The van der Waals surface area contributed by atoms with E-state index >= 15 is 0 Å². The van der Waals surface area contributed by atoms with Crippen LogP contribution in [0.3, 0.4) is 0 Å². The summed E-state index contributed by atoms with van der Waals surface area (Å²) >= 11 is 11.5. The first-order chi connectivity index (χ1) is 12.0. The topological polar surface area (TPSA) is 41.9 Å². The van der Waals surface area contributed by atoms with Crippen molar-refractivity contribution in [3.05, 3.63) is 76.4 Å². The van der Waals surface area contributed by atoms with Gasteiger partial charge in [-0.25, -0.2) is 0 Å². The first-order valence-corrected chi connectivity index (χ1v) is 8.72. The maximum absolute atomic E-state index is 6.13. The van der Waals surface area contributed by atoms with E-state index in [9.17, 15) is 0 Å². The Morgan fingerprint density at radius 3 is 2.60 bits per heavy atom. The predicted octanol–water partition coefficient (Wildman–Crippen LogP) is 5.01. The van der Waals surface area contributed by atoms with Gasteiger partial charge in [-0.1, -0.05) is 47.5 Å². The smallest absolute Gasteiger partial charge is 0.176 e.